The van der Waals surface area contributed by atoms with Crippen LogP contribution in [-0.2, 0) is 19.2 Å². The minimum atomic E-state index is -2.99. The molecule has 0 amide bonds. The quantitative estimate of drug-likeness (QED) is 0.365. The van der Waals surface area contributed by atoms with Gasteiger partial charge in [-0.05, 0) is 18.2 Å². The van der Waals surface area contributed by atoms with E-state index in [2.05, 4.69) is 5.87 Å². The predicted octanol–water partition coefficient (Wildman–Crippen LogP) is -0.466. The first-order valence-electron chi connectivity index (χ1n) is 8.07. The second-order valence-corrected chi connectivity index (χ2v) is 11.9. The molecular weight excluding hydrogens is 382 g/mol. The van der Waals surface area contributed by atoms with E-state index in [9.17, 15) is 33.1 Å². The first-order chi connectivity index (χ1) is 11.2. The van der Waals surface area contributed by atoms with Gasteiger partial charge in [0, 0.05) is 18.6 Å². The van der Waals surface area contributed by atoms with Crippen molar-refractivity contribution in [3.8, 4) is 0 Å². The Labute approximate surface area is 159 Å². The molecule has 0 aromatic rings. The Kier molecular flexibility index (Phi) is 20.0. The van der Waals surface area contributed by atoms with Crippen molar-refractivity contribution in [3.63, 3.8) is 0 Å². The highest BCUT2D eigenvalue weighted by atomic mass is 32.2. The molecule has 0 saturated heterocycles. The van der Waals surface area contributed by atoms with Crippen molar-refractivity contribution in [2.75, 3.05) is 6.66 Å². The summed E-state index contributed by atoms with van der Waals surface area (Å²) < 4.78 is 30.8. The summed E-state index contributed by atoms with van der Waals surface area (Å²) in [5.74, 6) is 1.46. The van der Waals surface area contributed by atoms with Crippen molar-refractivity contribution in [2.24, 2.45) is 5.92 Å². The van der Waals surface area contributed by atoms with Crippen molar-refractivity contribution in [1.82, 2.24) is 0 Å². The Balaban J connectivity index is -0.000000124. The first kappa shape index (κ1) is 33.2. The molecule has 0 saturated carbocycles. The predicted molar refractivity (Wildman–Crippen MR) is 103 cm³/mol. The standard InChI is InChI=1S/C4H11O2P.C4H10O2S.C4H8O2.C3H8BO2/c2*1-4(2)7(3,5)6;2*1-3(2)4(5)6/h4H,1-3H3,(H,5,6);4H,3H2,1-2H3,(H,5,6);3H,1-2H3,(H,5,6);3,5H,1-2H3/q;;;-1/p-3. The Morgan fingerprint density at radius 2 is 1.27 bits per heavy atom. The van der Waals surface area contributed by atoms with Crippen LogP contribution in [0.4, 0.5) is 0 Å². The molecule has 0 aliphatic carbocycles. The van der Waals surface area contributed by atoms with Gasteiger partial charge in [0.1, 0.15) is 0 Å². The molecule has 0 aromatic carbocycles. The summed E-state index contributed by atoms with van der Waals surface area (Å²) in [5, 5.41) is 27.1. The van der Waals surface area contributed by atoms with Crippen LogP contribution in [0.1, 0.15) is 55.4 Å². The maximum atomic E-state index is 10.4. The van der Waals surface area contributed by atoms with Gasteiger partial charge in [0.2, 0.25) is 0 Å². The van der Waals surface area contributed by atoms with Gasteiger partial charge >= 0.3 is 0 Å². The Morgan fingerprint density at radius 3 is 1.27 bits per heavy atom. The second-order valence-electron chi connectivity index (χ2n) is 6.82. The molecular formula is C15H34BO8PS-4. The van der Waals surface area contributed by atoms with Crippen LogP contribution in [0.5, 0.6) is 0 Å². The third-order valence-corrected chi connectivity index (χ3v) is 6.01. The number of hydrogen-bond acceptors (Lipinski definition) is 8. The molecule has 8 nitrogen and oxygen atoms in total. The fourth-order valence-corrected chi connectivity index (χ4v) is 0. The zero-order valence-corrected chi connectivity index (χ0v) is 19.0. The molecule has 0 spiro atoms. The van der Waals surface area contributed by atoms with Crippen LogP contribution >= 0.6 is 7.37 Å². The van der Waals surface area contributed by atoms with E-state index in [4.69, 9.17) is 5.02 Å². The van der Waals surface area contributed by atoms with Crippen molar-refractivity contribution in [1.29, 1.82) is 0 Å². The number of carboxylic acids is 1. The molecule has 26 heavy (non-hydrogen) atoms. The summed E-state index contributed by atoms with van der Waals surface area (Å²) in [6.45, 7) is 14.3. The van der Waals surface area contributed by atoms with Gasteiger partial charge in [-0.2, -0.15) is 0 Å². The van der Waals surface area contributed by atoms with Crippen LogP contribution in [0.2, 0.25) is 5.82 Å². The molecule has 0 radical (unpaired) electrons. The van der Waals surface area contributed by atoms with Crippen LogP contribution < -0.4 is 15.0 Å². The molecule has 11 heteroatoms. The molecule has 0 aliphatic rings. The van der Waals surface area contributed by atoms with Crippen LogP contribution in [0.15, 0.2) is 0 Å². The van der Waals surface area contributed by atoms with E-state index >= 15 is 0 Å². The monoisotopic (exact) mass is 416 g/mol. The highest BCUT2D eigenvalue weighted by molar-refractivity contribution is 7.95. The van der Waals surface area contributed by atoms with E-state index in [-0.39, 0.29) is 22.6 Å². The molecule has 0 bridgehead atoms. The number of aliphatic carboxylic acids is 1. The maximum absolute atomic E-state index is 10.4. The number of carbonyl (C=O) groups excluding carboxylic acids is 1. The number of carbonyl (C=O) groups is 1. The smallest absolute Gasteiger partial charge is 0.180 e. The van der Waals surface area contributed by atoms with E-state index in [1.165, 1.54) is 6.66 Å². The van der Waals surface area contributed by atoms with Gasteiger partial charge in [0.25, 0.3) is 0 Å². The molecule has 160 valence electrons. The minimum Gasteiger partial charge on any atom is -0.856 e. The summed E-state index contributed by atoms with van der Waals surface area (Å²) in [6.07, 6.45) is 0. The maximum Gasteiger partial charge on any atom is 0.180 e. The topological polar surface area (TPSA) is 164 Å². The van der Waals surface area contributed by atoms with Gasteiger partial charge in [0.15, 0.2) is 7.12 Å². The number of rotatable bonds is 4. The average molecular weight is 416 g/mol. The molecule has 0 aromatic heterocycles. The normalized spacial score (nSPS) is 14.8. The van der Waals surface area contributed by atoms with Crippen LogP contribution in [-0.4, -0.2) is 50.3 Å². The molecule has 1 N–H and O–H groups in total. The minimum absolute atomic E-state index is 0.148. The highest BCUT2D eigenvalue weighted by Crippen LogP contribution is 2.35. The van der Waals surface area contributed by atoms with Gasteiger partial charge in [-0.15, -0.1) is 0 Å². The summed E-state index contributed by atoms with van der Waals surface area (Å²) in [7, 11) is -7.38. The SMILES string of the molecule is C=S(=O)([O-])C(C)C.CC(C)B([O-])O.CC(C)C(=O)[O-].CC(C)P(C)(=O)[O-]. The number of carboxylic acid groups (broad SMARTS) is 1. The van der Waals surface area contributed by atoms with Crippen LogP contribution in [0, 0.1) is 5.92 Å². The van der Waals surface area contributed by atoms with E-state index in [0.717, 1.165) is 0 Å². The van der Waals surface area contributed by atoms with Crippen LogP contribution in [0.25, 0.3) is 0 Å². The Morgan fingerprint density at radius 1 is 1.12 bits per heavy atom. The molecule has 0 fully saturated rings. The van der Waals surface area contributed by atoms with Gasteiger partial charge in [-0.3, -0.25) is 4.21 Å². The second kappa shape index (κ2) is 15.7. The van der Waals surface area contributed by atoms with E-state index in [1.807, 2.05) is 0 Å². The highest BCUT2D eigenvalue weighted by Gasteiger charge is 2.02. The van der Waals surface area contributed by atoms with Gasteiger partial charge < -0.3 is 34.0 Å². The summed E-state index contributed by atoms with van der Waals surface area (Å²) in [4.78, 5) is 19.9. The van der Waals surface area contributed by atoms with Gasteiger partial charge in [-0.25, -0.2) is 0 Å². The van der Waals surface area contributed by atoms with Crippen LogP contribution in [0.3, 0.4) is 0 Å². The van der Waals surface area contributed by atoms with E-state index in [1.54, 1.807) is 55.4 Å². The van der Waals surface area contributed by atoms with Crippen molar-refractivity contribution in [2.45, 2.75) is 72.1 Å². The van der Waals surface area contributed by atoms with Crippen molar-refractivity contribution >= 4 is 36.1 Å². The fourth-order valence-electron chi connectivity index (χ4n) is 0. The Bertz CT molecular complexity index is 490. The Hall–Kier alpha value is -0.375. The lowest BCUT2D eigenvalue weighted by Crippen LogP contribution is -2.33. The lowest BCUT2D eigenvalue weighted by Gasteiger charge is -2.21. The third kappa shape index (κ3) is 31.4. The van der Waals surface area contributed by atoms with E-state index < -0.39 is 30.3 Å². The lowest BCUT2D eigenvalue weighted by atomic mass is 9.76. The average Bonchev–Trinajstić information content (AvgIpc) is 2.38. The molecule has 0 heterocycles. The lowest BCUT2D eigenvalue weighted by molar-refractivity contribution is -0.310. The molecule has 2 unspecified atom stereocenters. The first-order valence-corrected chi connectivity index (χ1v) is 11.9. The summed E-state index contributed by atoms with van der Waals surface area (Å²) >= 11 is 0. The zero-order valence-electron chi connectivity index (χ0n) is 17.3. The largest absolute Gasteiger partial charge is 0.856 e. The molecule has 0 rings (SSSR count). The van der Waals surface area contributed by atoms with Crippen molar-refractivity contribution in [3.05, 3.63) is 0 Å². The summed E-state index contributed by atoms with van der Waals surface area (Å²) in [6, 6.07) is 0. The number of hydrogen-bond donors (Lipinski definition) is 1. The molecule has 0 aliphatic heterocycles. The van der Waals surface area contributed by atoms with Gasteiger partial charge in [-0.1, -0.05) is 76.9 Å². The zero-order chi connectivity index (χ0) is 22.5. The summed E-state index contributed by atoms with van der Waals surface area (Å²) in [5.41, 5.74) is -0.201. The van der Waals surface area contributed by atoms with Gasteiger partial charge in [0.05, 0.1) is 0 Å². The molecule has 2 atom stereocenters. The van der Waals surface area contributed by atoms with Crippen molar-refractivity contribution < 1.29 is 38.2 Å². The van der Waals surface area contributed by atoms with E-state index in [0.29, 0.717) is 0 Å². The third-order valence-electron chi connectivity index (χ3n) is 2.70. The fraction of sp³-hybridized carbons (Fsp3) is 0.867.